The highest BCUT2D eigenvalue weighted by Gasteiger charge is 2.29. The number of carbonyl (C=O) groups excluding carboxylic acids is 1. The Balaban J connectivity index is 1.95. The van der Waals surface area contributed by atoms with Gasteiger partial charge in [0, 0.05) is 14.0 Å². The third-order valence-corrected chi connectivity index (χ3v) is 7.50. The predicted molar refractivity (Wildman–Crippen MR) is 110 cm³/mol. The van der Waals surface area contributed by atoms with Crippen LogP contribution in [0.1, 0.15) is 24.9 Å². The van der Waals surface area contributed by atoms with Crippen LogP contribution < -0.4 is 10.1 Å². The number of amides is 1. The number of ether oxygens (including phenoxy) is 1. The molecule has 1 atom stereocenters. The van der Waals surface area contributed by atoms with Crippen LogP contribution in [0.25, 0.3) is 10.2 Å². The van der Waals surface area contributed by atoms with Gasteiger partial charge in [0.1, 0.15) is 10.8 Å². The van der Waals surface area contributed by atoms with Gasteiger partial charge in [-0.15, -0.1) is 11.3 Å². The molecule has 1 heterocycles. The zero-order valence-electron chi connectivity index (χ0n) is 16.0. The van der Waals surface area contributed by atoms with E-state index >= 15 is 0 Å². The lowest BCUT2D eigenvalue weighted by Crippen LogP contribution is -2.29. The van der Waals surface area contributed by atoms with Gasteiger partial charge in [0.2, 0.25) is 15.9 Å². The van der Waals surface area contributed by atoms with E-state index in [9.17, 15) is 13.2 Å². The monoisotopic (exact) mass is 419 g/mol. The Morgan fingerprint density at radius 1 is 1.25 bits per heavy atom. The molecule has 3 aromatic rings. The molecular formula is C19H21N3O4S2. The van der Waals surface area contributed by atoms with E-state index in [-0.39, 0.29) is 10.8 Å². The van der Waals surface area contributed by atoms with E-state index in [1.54, 1.807) is 6.92 Å². The van der Waals surface area contributed by atoms with Gasteiger partial charge < -0.3 is 10.1 Å². The summed E-state index contributed by atoms with van der Waals surface area (Å²) >= 11 is 1.47. The van der Waals surface area contributed by atoms with Crippen molar-refractivity contribution in [1.82, 2.24) is 9.29 Å². The van der Waals surface area contributed by atoms with Gasteiger partial charge in [0.25, 0.3) is 0 Å². The average molecular weight is 420 g/mol. The molecule has 0 aliphatic heterocycles. The molecule has 0 aliphatic rings. The Labute approximate surface area is 168 Å². The van der Waals surface area contributed by atoms with Crippen molar-refractivity contribution in [3.05, 3.63) is 47.5 Å². The number of anilines is 1. The van der Waals surface area contributed by atoms with Crippen molar-refractivity contribution in [2.45, 2.75) is 24.8 Å². The van der Waals surface area contributed by atoms with Crippen LogP contribution in [0.2, 0.25) is 0 Å². The number of rotatable bonds is 6. The maximum Gasteiger partial charge on any atom is 0.243 e. The number of hydrogen-bond donors (Lipinski definition) is 1. The molecule has 1 N–H and O–H groups in total. The molecule has 28 heavy (non-hydrogen) atoms. The topological polar surface area (TPSA) is 88.6 Å². The number of aromatic nitrogens is 1. The molecule has 148 valence electrons. The summed E-state index contributed by atoms with van der Waals surface area (Å²) in [7, 11) is -0.837. The normalized spacial score (nSPS) is 12.9. The maximum atomic E-state index is 13.1. The molecule has 0 radical (unpaired) electrons. The summed E-state index contributed by atoms with van der Waals surface area (Å²) in [6.45, 7) is 3.15. The molecule has 0 aliphatic carbocycles. The van der Waals surface area contributed by atoms with Crippen LogP contribution in [0.3, 0.4) is 0 Å². The summed E-state index contributed by atoms with van der Waals surface area (Å²) < 4.78 is 33.8. The lowest BCUT2D eigenvalue weighted by atomic mass is 10.3. The first kappa shape index (κ1) is 20.2. The van der Waals surface area contributed by atoms with E-state index in [4.69, 9.17) is 4.74 Å². The first-order valence-electron chi connectivity index (χ1n) is 8.53. The molecule has 9 heteroatoms. The third kappa shape index (κ3) is 3.87. The summed E-state index contributed by atoms with van der Waals surface area (Å²) in [5.74, 6) is 0.0695. The number of nitrogens with zero attached hydrogens (tertiary/aromatic N) is 2. The van der Waals surface area contributed by atoms with Gasteiger partial charge in [0.15, 0.2) is 0 Å². The molecule has 2 aromatic carbocycles. The number of nitrogens with one attached hydrogen (secondary N) is 1. The fourth-order valence-electron chi connectivity index (χ4n) is 2.73. The fraction of sp³-hybridized carbons (Fsp3) is 0.263. The number of para-hydroxylation sites is 1. The van der Waals surface area contributed by atoms with E-state index in [2.05, 4.69) is 10.3 Å². The minimum Gasteiger partial charge on any atom is -0.495 e. The van der Waals surface area contributed by atoms with Gasteiger partial charge in [-0.2, -0.15) is 4.31 Å². The van der Waals surface area contributed by atoms with Crippen molar-refractivity contribution in [2.24, 2.45) is 0 Å². The number of fused-ring (bicyclic) bond motifs is 1. The number of methoxy groups -OCH3 is 1. The van der Waals surface area contributed by atoms with Crippen LogP contribution in [0.15, 0.2) is 47.4 Å². The zero-order valence-corrected chi connectivity index (χ0v) is 17.6. The van der Waals surface area contributed by atoms with Crippen molar-refractivity contribution in [3.63, 3.8) is 0 Å². The summed E-state index contributed by atoms with van der Waals surface area (Å²) in [5, 5.41) is 3.31. The first-order chi connectivity index (χ1) is 13.2. The number of carbonyl (C=O) groups is 1. The van der Waals surface area contributed by atoms with Gasteiger partial charge in [-0.1, -0.05) is 12.1 Å². The van der Waals surface area contributed by atoms with Crippen LogP contribution in [-0.2, 0) is 14.8 Å². The molecule has 0 saturated heterocycles. The average Bonchev–Trinajstić information content (AvgIpc) is 3.10. The van der Waals surface area contributed by atoms with Crippen molar-refractivity contribution in [3.8, 4) is 5.75 Å². The Bertz CT molecular complexity index is 1090. The molecule has 7 nitrogen and oxygen atoms in total. The van der Waals surface area contributed by atoms with Crippen LogP contribution >= 0.6 is 11.3 Å². The Kier molecular flexibility index (Phi) is 5.69. The quantitative estimate of drug-likeness (QED) is 0.659. The van der Waals surface area contributed by atoms with Crippen LogP contribution in [0, 0.1) is 0 Å². The van der Waals surface area contributed by atoms with Crippen molar-refractivity contribution in [1.29, 1.82) is 0 Å². The van der Waals surface area contributed by atoms with Crippen LogP contribution in [0.4, 0.5) is 5.69 Å². The van der Waals surface area contributed by atoms with Gasteiger partial charge in [-0.25, -0.2) is 13.4 Å². The predicted octanol–water partition coefficient (Wildman–Crippen LogP) is 3.65. The maximum absolute atomic E-state index is 13.1. The zero-order chi connectivity index (χ0) is 20.5. The van der Waals surface area contributed by atoms with E-state index < -0.39 is 16.1 Å². The largest absolute Gasteiger partial charge is 0.495 e. The molecule has 0 spiro atoms. The van der Waals surface area contributed by atoms with Gasteiger partial charge in [0.05, 0.1) is 34.0 Å². The molecule has 1 aromatic heterocycles. The number of thiazole rings is 1. The highest BCUT2D eigenvalue weighted by molar-refractivity contribution is 7.89. The minimum absolute atomic E-state index is 0.0625. The fourth-order valence-corrected chi connectivity index (χ4v) is 5.22. The lowest BCUT2D eigenvalue weighted by Gasteiger charge is -2.23. The van der Waals surface area contributed by atoms with Gasteiger partial charge in [-0.3, -0.25) is 4.79 Å². The SMILES string of the molecule is COc1ccc(S(=O)(=O)N(C)[C@H](C)c2nc3ccccc3s2)cc1NC(C)=O. The second-order valence-corrected chi connectivity index (χ2v) is 9.32. The molecule has 0 saturated carbocycles. The Morgan fingerprint density at radius 3 is 2.61 bits per heavy atom. The summed E-state index contributed by atoms with van der Waals surface area (Å²) in [4.78, 5) is 16.0. The van der Waals surface area contributed by atoms with E-state index in [0.717, 1.165) is 10.2 Å². The standard InChI is InChI=1S/C19H21N3O4S2/c1-12(19-21-15-7-5-6-8-18(15)27-19)22(3)28(24,25)14-9-10-17(26-4)16(11-14)20-13(2)23/h5-12H,1-4H3,(H,20,23)/t12-/m1/s1. The Morgan fingerprint density at radius 2 is 1.96 bits per heavy atom. The van der Waals surface area contributed by atoms with E-state index in [1.165, 1.54) is 54.9 Å². The first-order valence-corrected chi connectivity index (χ1v) is 10.8. The lowest BCUT2D eigenvalue weighted by molar-refractivity contribution is -0.114. The minimum atomic E-state index is -3.81. The number of hydrogen-bond acceptors (Lipinski definition) is 6. The van der Waals surface area contributed by atoms with Crippen LogP contribution in [0.5, 0.6) is 5.75 Å². The highest BCUT2D eigenvalue weighted by atomic mass is 32.2. The molecule has 0 unspecified atom stereocenters. The van der Waals surface area contributed by atoms with Crippen molar-refractivity contribution >= 4 is 43.2 Å². The molecule has 1 amide bonds. The highest BCUT2D eigenvalue weighted by Crippen LogP contribution is 2.34. The summed E-state index contributed by atoms with van der Waals surface area (Å²) in [6, 6.07) is 11.6. The number of benzene rings is 2. The second-order valence-electron chi connectivity index (χ2n) is 6.26. The molecule has 0 fully saturated rings. The summed E-state index contributed by atoms with van der Waals surface area (Å²) in [5.41, 5.74) is 1.15. The van der Waals surface area contributed by atoms with Crippen molar-refractivity contribution < 1.29 is 17.9 Å². The number of sulfonamides is 1. The van der Waals surface area contributed by atoms with E-state index in [1.807, 2.05) is 24.3 Å². The molecule has 0 bridgehead atoms. The van der Waals surface area contributed by atoms with Crippen LogP contribution in [-0.4, -0.2) is 37.8 Å². The third-order valence-electron chi connectivity index (χ3n) is 4.37. The smallest absolute Gasteiger partial charge is 0.243 e. The second kappa shape index (κ2) is 7.86. The van der Waals surface area contributed by atoms with Gasteiger partial charge in [-0.05, 0) is 37.3 Å². The Hall–Kier alpha value is -2.49. The van der Waals surface area contributed by atoms with Gasteiger partial charge >= 0.3 is 0 Å². The molecule has 3 rings (SSSR count). The van der Waals surface area contributed by atoms with Crippen molar-refractivity contribution in [2.75, 3.05) is 19.5 Å². The molecular weight excluding hydrogens is 398 g/mol. The summed E-state index contributed by atoms with van der Waals surface area (Å²) in [6.07, 6.45) is 0. The van der Waals surface area contributed by atoms with E-state index in [0.29, 0.717) is 16.4 Å².